The van der Waals surface area contributed by atoms with Crippen molar-refractivity contribution < 1.29 is 14.7 Å². The Hall–Kier alpha value is -3.15. The van der Waals surface area contributed by atoms with E-state index in [2.05, 4.69) is 10.6 Å². The lowest BCUT2D eigenvalue weighted by atomic mass is 9.93. The van der Waals surface area contributed by atoms with Crippen LogP contribution >= 0.6 is 11.6 Å². The Morgan fingerprint density at radius 2 is 1.45 bits per heavy atom. The highest BCUT2D eigenvalue weighted by Crippen LogP contribution is 2.25. The van der Waals surface area contributed by atoms with Crippen molar-refractivity contribution >= 4 is 29.1 Å². The number of halogens is 1. The molecule has 3 N–H and O–H groups in total. The van der Waals surface area contributed by atoms with E-state index in [4.69, 9.17) is 11.6 Å². The highest BCUT2D eigenvalue weighted by Gasteiger charge is 2.25. The first-order valence-electron chi connectivity index (χ1n) is 9.09. The maximum atomic E-state index is 12.1. The van der Waals surface area contributed by atoms with Gasteiger partial charge in [0.05, 0.1) is 17.3 Å². The Morgan fingerprint density at radius 3 is 2.10 bits per heavy atom. The average Bonchev–Trinajstić information content (AvgIpc) is 2.74. The minimum atomic E-state index is -1.34. The van der Waals surface area contributed by atoms with E-state index in [1.54, 1.807) is 43.3 Å². The summed E-state index contributed by atoms with van der Waals surface area (Å²) in [6.07, 6.45) is 0. The quantitative estimate of drug-likeness (QED) is 0.559. The van der Waals surface area contributed by atoms with E-state index in [1.807, 2.05) is 42.5 Å². The molecule has 0 bridgehead atoms. The predicted octanol–water partition coefficient (Wildman–Crippen LogP) is 3.97. The lowest BCUT2D eigenvalue weighted by Gasteiger charge is -2.24. The Balaban J connectivity index is 1.61. The molecular formula is C23H21ClN2O3. The monoisotopic (exact) mass is 408 g/mol. The number of nitrogens with one attached hydrogen (secondary N) is 2. The van der Waals surface area contributed by atoms with Crippen LogP contribution in [0.25, 0.3) is 11.1 Å². The van der Waals surface area contributed by atoms with Crippen LogP contribution in [-0.4, -0.2) is 23.5 Å². The van der Waals surface area contributed by atoms with Crippen molar-refractivity contribution in [2.45, 2.75) is 12.5 Å². The summed E-state index contributed by atoms with van der Waals surface area (Å²) in [5, 5.41) is 16.0. The van der Waals surface area contributed by atoms with Gasteiger partial charge in [0.2, 0.25) is 0 Å². The van der Waals surface area contributed by atoms with E-state index >= 15 is 0 Å². The molecule has 0 saturated carbocycles. The third-order valence-electron chi connectivity index (χ3n) is 4.54. The van der Waals surface area contributed by atoms with E-state index in [-0.39, 0.29) is 6.54 Å². The normalized spacial score (nSPS) is 12.7. The van der Waals surface area contributed by atoms with E-state index in [0.717, 1.165) is 11.1 Å². The fraction of sp³-hybridized carbons (Fsp3) is 0.130. The molecule has 3 aromatic carbocycles. The number of para-hydroxylation sites is 1. The van der Waals surface area contributed by atoms with Crippen molar-refractivity contribution in [3.05, 3.63) is 89.4 Å². The van der Waals surface area contributed by atoms with Gasteiger partial charge in [0.15, 0.2) is 0 Å². The van der Waals surface area contributed by atoms with Gasteiger partial charge < -0.3 is 15.7 Å². The molecule has 3 rings (SSSR count). The summed E-state index contributed by atoms with van der Waals surface area (Å²) in [4.78, 5) is 24.2. The summed E-state index contributed by atoms with van der Waals surface area (Å²) in [6.45, 7) is 1.46. The average molecular weight is 409 g/mol. The number of hydrogen-bond acceptors (Lipinski definition) is 3. The molecule has 29 heavy (non-hydrogen) atoms. The zero-order valence-electron chi connectivity index (χ0n) is 15.9. The molecular weight excluding hydrogens is 388 g/mol. The molecule has 0 aliphatic rings. The smallest absolute Gasteiger partial charge is 0.313 e. The predicted molar refractivity (Wildman–Crippen MR) is 115 cm³/mol. The molecule has 2 amide bonds. The first-order valence-corrected chi connectivity index (χ1v) is 9.47. The largest absolute Gasteiger partial charge is 0.384 e. The molecule has 148 valence electrons. The maximum Gasteiger partial charge on any atom is 0.313 e. The minimum Gasteiger partial charge on any atom is -0.384 e. The molecule has 0 aliphatic heterocycles. The van der Waals surface area contributed by atoms with Gasteiger partial charge in [-0.1, -0.05) is 78.3 Å². The van der Waals surface area contributed by atoms with E-state index in [1.165, 1.54) is 0 Å². The molecule has 1 atom stereocenters. The summed E-state index contributed by atoms with van der Waals surface area (Å²) in [6, 6.07) is 23.9. The van der Waals surface area contributed by atoms with Gasteiger partial charge in [-0.2, -0.15) is 0 Å². The van der Waals surface area contributed by atoms with Crippen LogP contribution < -0.4 is 10.6 Å². The second kappa shape index (κ2) is 8.90. The molecule has 0 heterocycles. The third-order valence-corrected chi connectivity index (χ3v) is 4.86. The first-order chi connectivity index (χ1) is 13.9. The number of rotatable bonds is 5. The second-order valence-corrected chi connectivity index (χ2v) is 7.24. The van der Waals surface area contributed by atoms with Crippen LogP contribution in [0, 0.1) is 0 Å². The fourth-order valence-corrected chi connectivity index (χ4v) is 3.01. The van der Waals surface area contributed by atoms with Crippen LogP contribution in [0.1, 0.15) is 12.5 Å². The molecule has 1 unspecified atom stereocenters. The molecule has 3 aromatic rings. The van der Waals surface area contributed by atoms with Crippen molar-refractivity contribution in [2.24, 2.45) is 0 Å². The highest BCUT2D eigenvalue weighted by atomic mass is 35.5. The van der Waals surface area contributed by atoms with Crippen LogP contribution in [0.3, 0.4) is 0 Å². The number of hydrogen-bond donors (Lipinski definition) is 3. The van der Waals surface area contributed by atoms with Crippen molar-refractivity contribution in [2.75, 3.05) is 11.9 Å². The van der Waals surface area contributed by atoms with Crippen molar-refractivity contribution in [3.8, 4) is 11.1 Å². The number of benzene rings is 3. The van der Waals surface area contributed by atoms with Crippen LogP contribution in [0.2, 0.25) is 5.02 Å². The van der Waals surface area contributed by atoms with Gasteiger partial charge in [0, 0.05) is 0 Å². The summed E-state index contributed by atoms with van der Waals surface area (Å²) < 4.78 is 0. The lowest BCUT2D eigenvalue weighted by molar-refractivity contribution is -0.136. The number of anilines is 1. The standard InChI is InChI=1S/C23H21ClN2O3/c1-23(29,18-13-11-17(12-14-18)16-7-3-2-4-8-16)15-25-21(27)22(28)26-20-10-6-5-9-19(20)24/h2-14,29H,15H2,1H3,(H,25,27)(H,26,28). The molecule has 0 radical (unpaired) electrons. The zero-order chi connectivity index (χ0) is 20.9. The first kappa shape index (κ1) is 20.6. The number of carbonyl (C=O) groups is 2. The van der Waals surface area contributed by atoms with E-state index in [0.29, 0.717) is 16.3 Å². The van der Waals surface area contributed by atoms with Gasteiger partial charge in [-0.25, -0.2) is 0 Å². The number of aliphatic hydroxyl groups is 1. The number of carbonyl (C=O) groups excluding carboxylic acids is 2. The minimum absolute atomic E-state index is 0.119. The number of amides is 2. The third kappa shape index (κ3) is 5.22. The summed E-state index contributed by atoms with van der Waals surface area (Å²) in [5.41, 5.74) is 1.73. The van der Waals surface area contributed by atoms with E-state index in [9.17, 15) is 14.7 Å². The Bertz CT molecular complexity index is 1000. The van der Waals surface area contributed by atoms with Crippen LogP contribution in [0.15, 0.2) is 78.9 Å². The van der Waals surface area contributed by atoms with Crippen LogP contribution in [0.4, 0.5) is 5.69 Å². The van der Waals surface area contributed by atoms with Crippen LogP contribution in [-0.2, 0) is 15.2 Å². The SMILES string of the molecule is CC(O)(CNC(=O)C(=O)Nc1ccccc1Cl)c1ccc(-c2ccccc2)cc1. The molecule has 5 nitrogen and oxygen atoms in total. The van der Waals surface area contributed by atoms with Gasteiger partial charge >= 0.3 is 11.8 Å². The Kier molecular flexibility index (Phi) is 6.32. The summed E-state index contributed by atoms with van der Waals surface area (Å²) in [7, 11) is 0. The molecule has 0 saturated heterocycles. The summed E-state index contributed by atoms with van der Waals surface area (Å²) in [5.74, 6) is -1.71. The van der Waals surface area contributed by atoms with Gasteiger partial charge in [0.25, 0.3) is 0 Å². The second-order valence-electron chi connectivity index (χ2n) is 6.83. The van der Waals surface area contributed by atoms with Gasteiger partial charge in [-0.3, -0.25) is 9.59 Å². The van der Waals surface area contributed by atoms with Crippen LogP contribution in [0.5, 0.6) is 0 Å². The van der Waals surface area contributed by atoms with E-state index < -0.39 is 17.4 Å². The topological polar surface area (TPSA) is 78.4 Å². The summed E-state index contributed by atoms with van der Waals surface area (Å²) >= 11 is 5.97. The molecule has 0 spiro atoms. The maximum absolute atomic E-state index is 12.1. The van der Waals surface area contributed by atoms with Gasteiger partial charge in [0.1, 0.15) is 5.60 Å². The molecule has 6 heteroatoms. The molecule has 0 aliphatic carbocycles. The Morgan fingerprint density at radius 1 is 0.862 bits per heavy atom. The van der Waals surface area contributed by atoms with Gasteiger partial charge in [-0.15, -0.1) is 0 Å². The fourth-order valence-electron chi connectivity index (χ4n) is 2.83. The Labute approximate surface area is 174 Å². The van der Waals surface area contributed by atoms with Gasteiger partial charge in [-0.05, 0) is 35.7 Å². The molecule has 0 aromatic heterocycles. The zero-order valence-corrected chi connectivity index (χ0v) is 16.6. The van der Waals surface area contributed by atoms with Crippen molar-refractivity contribution in [3.63, 3.8) is 0 Å². The molecule has 0 fully saturated rings. The highest BCUT2D eigenvalue weighted by molar-refractivity contribution is 6.41. The lowest BCUT2D eigenvalue weighted by Crippen LogP contribution is -2.43. The van der Waals surface area contributed by atoms with Crippen molar-refractivity contribution in [1.29, 1.82) is 0 Å². The van der Waals surface area contributed by atoms with Crippen molar-refractivity contribution in [1.82, 2.24) is 5.32 Å².